The molecule has 1 aromatic heterocycles. The molecule has 0 radical (unpaired) electrons. The first-order valence-corrected chi connectivity index (χ1v) is 5.71. The van der Waals surface area contributed by atoms with E-state index in [1.54, 1.807) is 25.1 Å². The lowest BCUT2D eigenvalue weighted by Crippen LogP contribution is -2.15. The predicted octanol–water partition coefficient (Wildman–Crippen LogP) is 2.32. The number of anilines is 1. The molecule has 2 aromatic rings. The molecule has 19 heavy (non-hydrogen) atoms. The van der Waals surface area contributed by atoms with Crippen LogP contribution >= 0.6 is 11.6 Å². The number of aromatic nitrogens is 2. The molecule has 0 saturated heterocycles. The van der Waals surface area contributed by atoms with Crippen LogP contribution in [0.5, 0.6) is 0 Å². The summed E-state index contributed by atoms with van der Waals surface area (Å²) in [6.45, 7) is 1.74. The number of carboxylic acids is 1. The number of aryl methyl sites for hydroxylation is 1. The first-order chi connectivity index (χ1) is 9.00. The van der Waals surface area contributed by atoms with Crippen LogP contribution in [-0.2, 0) is 0 Å². The third kappa shape index (κ3) is 2.58. The van der Waals surface area contributed by atoms with Crippen LogP contribution in [0.1, 0.15) is 26.4 Å². The second kappa shape index (κ2) is 5.11. The summed E-state index contributed by atoms with van der Waals surface area (Å²) < 4.78 is 0. The van der Waals surface area contributed by atoms with Gasteiger partial charge in [0.05, 0.1) is 22.5 Å². The van der Waals surface area contributed by atoms with Gasteiger partial charge in [0.15, 0.2) is 5.69 Å². The van der Waals surface area contributed by atoms with Crippen molar-refractivity contribution in [3.8, 4) is 0 Å². The van der Waals surface area contributed by atoms with Crippen LogP contribution in [0.2, 0.25) is 5.02 Å². The highest BCUT2D eigenvalue weighted by atomic mass is 35.5. The van der Waals surface area contributed by atoms with Gasteiger partial charge in [0.1, 0.15) is 0 Å². The molecular weight excluding hydrogens is 270 g/mol. The van der Waals surface area contributed by atoms with Crippen molar-refractivity contribution in [2.75, 3.05) is 5.32 Å². The summed E-state index contributed by atoms with van der Waals surface area (Å²) in [6, 6.07) is 5.07. The first kappa shape index (κ1) is 13.1. The quantitative estimate of drug-likeness (QED) is 0.803. The predicted molar refractivity (Wildman–Crippen MR) is 69.7 cm³/mol. The van der Waals surface area contributed by atoms with Crippen molar-refractivity contribution in [1.82, 2.24) is 10.2 Å². The van der Waals surface area contributed by atoms with Crippen molar-refractivity contribution in [1.29, 1.82) is 0 Å². The summed E-state index contributed by atoms with van der Waals surface area (Å²) in [5.41, 5.74) is 0.918. The second-order valence-corrected chi connectivity index (χ2v) is 4.26. The van der Waals surface area contributed by atoms with E-state index in [0.717, 1.165) is 0 Å². The average molecular weight is 280 g/mol. The van der Waals surface area contributed by atoms with Gasteiger partial charge in [0, 0.05) is 0 Å². The number of aromatic carboxylic acids is 1. The number of halogens is 1. The van der Waals surface area contributed by atoms with E-state index in [4.69, 9.17) is 16.7 Å². The lowest BCUT2D eigenvalue weighted by atomic mass is 10.1. The molecule has 0 aliphatic heterocycles. The summed E-state index contributed by atoms with van der Waals surface area (Å²) in [4.78, 5) is 23.0. The Balaban J connectivity index is 2.31. The molecule has 1 amide bonds. The summed E-state index contributed by atoms with van der Waals surface area (Å²) in [6.07, 6.45) is 1.23. The molecule has 1 aromatic carbocycles. The fourth-order valence-electron chi connectivity index (χ4n) is 1.65. The number of carbonyl (C=O) groups is 2. The zero-order chi connectivity index (χ0) is 14.0. The van der Waals surface area contributed by atoms with Gasteiger partial charge in [-0.2, -0.15) is 5.10 Å². The number of hydrogen-bond acceptors (Lipinski definition) is 3. The molecule has 98 valence electrons. The van der Waals surface area contributed by atoms with Gasteiger partial charge in [-0.1, -0.05) is 23.7 Å². The second-order valence-electron chi connectivity index (χ2n) is 3.85. The minimum Gasteiger partial charge on any atom is -0.476 e. The van der Waals surface area contributed by atoms with Crippen molar-refractivity contribution in [2.24, 2.45) is 0 Å². The van der Waals surface area contributed by atoms with Crippen LogP contribution in [0.3, 0.4) is 0 Å². The van der Waals surface area contributed by atoms with Crippen LogP contribution < -0.4 is 5.32 Å². The molecule has 0 unspecified atom stereocenters. The molecular formula is C12H10ClN3O3. The maximum Gasteiger partial charge on any atom is 0.356 e. The topological polar surface area (TPSA) is 95.1 Å². The number of aromatic amines is 1. The number of nitrogens with one attached hydrogen (secondary N) is 2. The van der Waals surface area contributed by atoms with Crippen molar-refractivity contribution in [3.05, 3.63) is 46.2 Å². The third-order valence-electron chi connectivity index (χ3n) is 2.55. The van der Waals surface area contributed by atoms with Gasteiger partial charge in [-0.3, -0.25) is 9.89 Å². The van der Waals surface area contributed by atoms with Crippen molar-refractivity contribution < 1.29 is 14.7 Å². The zero-order valence-electron chi connectivity index (χ0n) is 9.90. The van der Waals surface area contributed by atoms with Crippen LogP contribution in [-0.4, -0.2) is 27.2 Å². The lowest BCUT2D eigenvalue weighted by Gasteiger charge is -2.08. The van der Waals surface area contributed by atoms with Crippen LogP contribution in [0.4, 0.5) is 5.69 Å². The molecule has 0 spiro atoms. The molecule has 3 N–H and O–H groups in total. The van der Waals surface area contributed by atoms with E-state index in [-0.39, 0.29) is 11.4 Å². The average Bonchev–Trinajstić information content (AvgIpc) is 2.76. The monoisotopic (exact) mass is 279 g/mol. The number of benzene rings is 1. The third-order valence-corrected chi connectivity index (χ3v) is 2.87. The minimum atomic E-state index is -1.20. The summed E-state index contributed by atoms with van der Waals surface area (Å²) in [5, 5.41) is 17.5. The van der Waals surface area contributed by atoms with Gasteiger partial charge in [-0.05, 0) is 18.6 Å². The minimum absolute atomic E-state index is 0.0943. The number of rotatable bonds is 3. The van der Waals surface area contributed by atoms with Gasteiger partial charge in [0.2, 0.25) is 0 Å². The van der Waals surface area contributed by atoms with E-state index in [1.807, 2.05) is 0 Å². The Kier molecular flexibility index (Phi) is 3.52. The molecule has 2 rings (SSSR count). The van der Waals surface area contributed by atoms with Crippen molar-refractivity contribution >= 4 is 29.2 Å². The van der Waals surface area contributed by atoms with Crippen molar-refractivity contribution in [3.63, 3.8) is 0 Å². The van der Waals surface area contributed by atoms with E-state index >= 15 is 0 Å². The molecule has 0 aliphatic rings. The van der Waals surface area contributed by atoms with Gasteiger partial charge in [-0.25, -0.2) is 4.79 Å². The van der Waals surface area contributed by atoms with Gasteiger partial charge < -0.3 is 10.4 Å². The first-order valence-electron chi connectivity index (χ1n) is 5.34. The Morgan fingerprint density at radius 3 is 2.79 bits per heavy atom. The zero-order valence-corrected chi connectivity index (χ0v) is 10.7. The van der Waals surface area contributed by atoms with E-state index in [1.165, 1.54) is 6.20 Å². The van der Waals surface area contributed by atoms with Gasteiger partial charge in [-0.15, -0.1) is 0 Å². The van der Waals surface area contributed by atoms with Crippen molar-refractivity contribution in [2.45, 2.75) is 6.92 Å². The van der Waals surface area contributed by atoms with E-state index in [9.17, 15) is 9.59 Å². The highest BCUT2D eigenvalue weighted by Crippen LogP contribution is 2.21. The molecule has 0 fully saturated rings. The molecule has 1 heterocycles. The molecule has 7 heteroatoms. The van der Waals surface area contributed by atoms with Crippen LogP contribution in [0.15, 0.2) is 24.4 Å². The fraction of sp³-hybridized carbons (Fsp3) is 0.0833. The Morgan fingerprint density at radius 1 is 1.42 bits per heavy atom. The molecule has 0 bridgehead atoms. The number of hydrogen-bond donors (Lipinski definition) is 3. The van der Waals surface area contributed by atoms with E-state index < -0.39 is 11.9 Å². The Morgan fingerprint density at radius 2 is 2.16 bits per heavy atom. The SMILES string of the molecule is Cc1cccc(Cl)c1C(=O)Nc1cn[nH]c1C(=O)O. The molecule has 6 nitrogen and oxygen atoms in total. The summed E-state index contributed by atoms with van der Waals surface area (Å²) in [7, 11) is 0. The Bertz CT molecular complexity index is 631. The maximum absolute atomic E-state index is 12.1. The largest absolute Gasteiger partial charge is 0.476 e. The number of carboxylic acid groups (broad SMARTS) is 1. The molecule has 0 saturated carbocycles. The number of amides is 1. The van der Waals surface area contributed by atoms with Gasteiger partial charge in [0.25, 0.3) is 5.91 Å². The Labute approximate surface area is 113 Å². The van der Waals surface area contributed by atoms with E-state index in [0.29, 0.717) is 16.1 Å². The fourth-order valence-corrected chi connectivity index (χ4v) is 1.96. The summed E-state index contributed by atoms with van der Waals surface area (Å²) >= 11 is 5.97. The van der Waals surface area contributed by atoms with Gasteiger partial charge >= 0.3 is 5.97 Å². The van der Waals surface area contributed by atoms with Crippen LogP contribution in [0, 0.1) is 6.92 Å². The highest BCUT2D eigenvalue weighted by molar-refractivity contribution is 6.34. The maximum atomic E-state index is 12.1. The smallest absolute Gasteiger partial charge is 0.356 e. The number of nitrogens with zero attached hydrogens (tertiary/aromatic N) is 1. The standard InChI is InChI=1S/C12H10ClN3O3/c1-6-3-2-4-7(13)9(6)11(17)15-8-5-14-16-10(8)12(18)19/h2-5H,1H3,(H,14,16)(H,15,17)(H,18,19). The van der Waals surface area contributed by atoms with Crippen LogP contribution in [0.25, 0.3) is 0 Å². The lowest BCUT2D eigenvalue weighted by molar-refractivity contribution is 0.0691. The summed E-state index contributed by atoms with van der Waals surface area (Å²) in [5.74, 6) is -1.68. The normalized spacial score (nSPS) is 10.2. The number of H-pyrrole nitrogens is 1. The number of carbonyl (C=O) groups excluding carboxylic acids is 1. The molecule has 0 aliphatic carbocycles. The van der Waals surface area contributed by atoms with E-state index in [2.05, 4.69) is 15.5 Å². The highest BCUT2D eigenvalue weighted by Gasteiger charge is 2.18. The molecule has 0 atom stereocenters. The Hall–Kier alpha value is -2.34.